The number of aliphatic hydroxyl groups excluding tert-OH is 1. The Hall–Kier alpha value is -0.900. The van der Waals surface area contributed by atoms with Gasteiger partial charge in [-0.3, -0.25) is 0 Å². The first kappa shape index (κ1) is 15.0. The van der Waals surface area contributed by atoms with Gasteiger partial charge in [-0.25, -0.2) is 0 Å². The summed E-state index contributed by atoms with van der Waals surface area (Å²) in [6.45, 7) is 2.33. The zero-order valence-corrected chi connectivity index (χ0v) is 14.0. The number of thiophene rings is 1. The van der Waals surface area contributed by atoms with Crippen molar-refractivity contribution in [2.45, 2.75) is 44.2 Å². The van der Waals surface area contributed by atoms with Gasteiger partial charge in [0, 0.05) is 10.3 Å². The molecule has 1 aromatic carbocycles. The predicted molar refractivity (Wildman–Crippen MR) is 90.8 cm³/mol. The fourth-order valence-corrected chi connectivity index (χ4v) is 4.69. The second-order valence-electron chi connectivity index (χ2n) is 6.77. The third-order valence-electron chi connectivity index (χ3n) is 5.34. The van der Waals surface area contributed by atoms with E-state index in [-0.39, 0.29) is 5.54 Å². The van der Waals surface area contributed by atoms with Gasteiger partial charge in [0.2, 0.25) is 0 Å². The summed E-state index contributed by atoms with van der Waals surface area (Å²) in [5, 5.41) is 14.6. The summed E-state index contributed by atoms with van der Waals surface area (Å²) in [5.74, 6) is 0.780. The van der Waals surface area contributed by atoms with Gasteiger partial charge in [-0.05, 0) is 62.5 Å². The molecule has 1 heterocycles. The second-order valence-corrected chi connectivity index (χ2v) is 7.69. The van der Waals surface area contributed by atoms with Crippen molar-refractivity contribution in [2.75, 3.05) is 14.1 Å². The lowest BCUT2D eigenvalue weighted by molar-refractivity contribution is -0.0400. The molecular weight excluding hydrogens is 278 g/mol. The molecule has 1 fully saturated rings. The van der Waals surface area contributed by atoms with E-state index in [2.05, 4.69) is 55.6 Å². The van der Waals surface area contributed by atoms with Crippen LogP contribution in [0.25, 0.3) is 10.1 Å². The van der Waals surface area contributed by atoms with Gasteiger partial charge in [0.05, 0.1) is 11.6 Å². The zero-order chi connectivity index (χ0) is 15.0. The lowest BCUT2D eigenvalue weighted by Crippen LogP contribution is -2.51. The first-order valence-electron chi connectivity index (χ1n) is 7.86. The van der Waals surface area contributed by atoms with Gasteiger partial charge < -0.3 is 10.0 Å². The van der Waals surface area contributed by atoms with Crippen LogP contribution in [-0.4, -0.2) is 29.6 Å². The maximum atomic E-state index is 11.2. The van der Waals surface area contributed by atoms with Crippen molar-refractivity contribution >= 4 is 21.4 Å². The van der Waals surface area contributed by atoms with E-state index in [1.165, 1.54) is 22.9 Å². The van der Waals surface area contributed by atoms with Gasteiger partial charge >= 0.3 is 0 Å². The summed E-state index contributed by atoms with van der Waals surface area (Å²) in [5.41, 5.74) is 0.982. The third-order valence-corrected chi connectivity index (χ3v) is 6.32. The summed E-state index contributed by atoms with van der Waals surface area (Å²) in [7, 11) is 4.24. The van der Waals surface area contributed by atoms with Crippen LogP contribution in [0, 0.1) is 5.92 Å². The van der Waals surface area contributed by atoms with Crippen LogP contribution >= 0.6 is 11.3 Å². The van der Waals surface area contributed by atoms with Gasteiger partial charge in [-0.2, -0.15) is 0 Å². The summed E-state index contributed by atoms with van der Waals surface area (Å²) >= 11 is 1.74. The van der Waals surface area contributed by atoms with Crippen LogP contribution in [0.15, 0.2) is 29.6 Å². The fourth-order valence-electron chi connectivity index (χ4n) is 3.75. The molecule has 0 spiro atoms. The molecule has 21 heavy (non-hydrogen) atoms. The number of fused-ring (bicyclic) bond motifs is 1. The average molecular weight is 303 g/mol. The van der Waals surface area contributed by atoms with Gasteiger partial charge in [-0.15, -0.1) is 11.3 Å². The minimum Gasteiger partial charge on any atom is -0.386 e. The molecule has 1 saturated carbocycles. The Labute approximate surface area is 131 Å². The molecule has 0 saturated heterocycles. The van der Waals surface area contributed by atoms with E-state index in [9.17, 15) is 5.11 Å². The Morgan fingerprint density at radius 3 is 2.62 bits per heavy atom. The third kappa shape index (κ3) is 2.52. The number of hydrogen-bond donors (Lipinski definition) is 1. The minimum absolute atomic E-state index is 0.120. The van der Waals surface area contributed by atoms with Crippen LogP contribution < -0.4 is 0 Å². The SMILES string of the molecule is CC1CCC(C(O)c2cccc3ccsc23)(N(C)C)CC1. The van der Waals surface area contributed by atoms with Gasteiger partial charge in [-0.1, -0.05) is 25.1 Å². The van der Waals surface area contributed by atoms with Crippen molar-refractivity contribution < 1.29 is 5.11 Å². The molecule has 0 bridgehead atoms. The van der Waals surface area contributed by atoms with Crippen molar-refractivity contribution in [1.82, 2.24) is 4.90 Å². The molecule has 1 aromatic heterocycles. The van der Waals surface area contributed by atoms with Crippen molar-refractivity contribution in [2.24, 2.45) is 5.92 Å². The van der Waals surface area contributed by atoms with Crippen molar-refractivity contribution in [3.05, 3.63) is 35.2 Å². The second kappa shape index (κ2) is 5.71. The molecule has 1 atom stereocenters. The van der Waals surface area contributed by atoms with Crippen LogP contribution in [0.1, 0.15) is 44.3 Å². The topological polar surface area (TPSA) is 23.5 Å². The number of nitrogens with zero attached hydrogens (tertiary/aromatic N) is 1. The summed E-state index contributed by atoms with van der Waals surface area (Å²) < 4.78 is 1.24. The van der Waals surface area contributed by atoms with Crippen LogP contribution in [0.2, 0.25) is 0 Å². The van der Waals surface area contributed by atoms with Crippen LogP contribution in [-0.2, 0) is 0 Å². The number of benzene rings is 1. The largest absolute Gasteiger partial charge is 0.386 e. The molecular formula is C18H25NOS. The normalized spacial score (nSPS) is 28.1. The Morgan fingerprint density at radius 1 is 1.24 bits per heavy atom. The molecule has 2 nitrogen and oxygen atoms in total. The number of aliphatic hydroxyl groups is 1. The molecule has 3 heteroatoms. The summed E-state index contributed by atoms with van der Waals surface area (Å²) in [6, 6.07) is 8.45. The minimum atomic E-state index is -0.414. The van der Waals surface area contributed by atoms with Crippen LogP contribution in [0.5, 0.6) is 0 Å². The highest BCUT2D eigenvalue weighted by molar-refractivity contribution is 7.17. The molecule has 2 aromatic rings. The lowest BCUT2D eigenvalue weighted by atomic mass is 9.71. The van der Waals surface area contributed by atoms with E-state index in [1.54, 1.807) is 11.3 Å². The van der Waals surface area contributed by atoms with Gasteiger partial charge in [0.25, 0.3) is 0 Å². The molecule has 3 rings (SSSR count). The van der Waals surface area contributed by atoms with Crippen LogP contribution in [0.4, 0.5) is 0 Å². The standard InChI is InChI=1S/C18H25NOS/c1-13-7-10-18(11-8-13,19(2)3)17(20)15-6-4-5-14-9-12-21-16(14)15/h4-6,9,12-13,17,20H,7-8,10-11H2,1-3H3. The monoisotopic (exact) mass is 303 g/mol. The summed E-state index contributed by atoms with van der Waals surface area (Å²) in [4.78, 5) is 2.26. The van der Waals surface area contributed by atoms with E-state index >= 15 is 0 Å². The van der Waals surface area contributed by atoms with E-state index in [4.69, 9.17) is 0 Å². The molecule has 0 radical (unpaired) electrons. The Bertz CT molecular complexity index is 610. The van der Waals surface area contributed by atoms with Crippen molar-refractivity contribution in [1.29, 1.82) is 0 Å². The molecule has 1 N–H and O–H groups in total. The summed E-state index contributed by atoms with van der Waals surface area (Å²) in [6.07, 6.45) is 4.14. The van der Waals surface area contributed by atoms with E-state index in [1.807, 2.05) is 0 Å². The fraction of sp³-hybridized carbons (Fsp3) is 0.556. The zero-order valence-electron chi connectivity index (χ0n) is 13.2. The highest BCUT2D eigenvalue weighted by Gasteiger charge is 2.43. The number of likely N-dealkylation sites (N-methyl/N-ethyl adjacent to an activating group) is 1. The first-order valence-corrected chi connectivity index (χ1v) is 8.74. The maximum Gasteiger partial charge on any atom is 0.0987 e. The highest BCUT2D eigenvalue weighted by Crippen LogP contribution is 2.45. The quantitative estimate of drug-likeness (QED) is 0.906. The molecule has 1 unspecified atom stereocenters. The molecule has 1 aliphatic carbocycles. The first-order chi connectivity index (χ1) is 10.0. The lowest BCUT2D eigenvalue weighted by Gasteiger charge is -2.48. The predicted octanol–water partition coefficient (Wildman–Crippen LogP) is 4.45. The van der Waals surface area contributed by atoms with Crippen LogP contribution in [0.3, 0.4) is 0 Å². The Morgan fingerprint density at radius 2 is 1.95 bits per heavy atom. The average Bonchev–Trinajstić information content (AvgIpc) is 2.95. The van der Waals surface area contributed by atoms with Crippen molar-refractivity contribution in [3.63, 3.8) is 0 Å². The van der Waals surface area contributed by atoms with E-state index in [0.717, 1.165) is 24.3 Å². The van der Waals surface area contributed by atoms with E-state index in [0.29, 0.717) is 0 Å². The Kier molecular flexibility index (Phi) is 4.08. The molecule has 1 aliphatic rings. The Balaban J connectivity index is 2.02. The van der Waals surface area contributed by atoms with Crippen molar-refractivity contribution in [3.8, 4) is 0 Å². The van der Waals surface area contributed by atoms with Gasteiger partial charge in [0.1, 0.15) is 0 Å². The number of rotatable bonds is 3. The van der Waals surface area contributed by atoms with E-state index < -0.39 is 6.10 Å². The molecule has 0 aliphatic heterocycles. The molecule has 0 amide bonds. The maximum absolute atomic E-state index is 11.2. The highest BCUT2D eigenvalue weighted by atomic mass is 32.1. The molecule has 114 valence electrons. The van der Waals surface area contributed by atoms with Gasteiger partial charge in [0.15, 0.2) is 0 Å². The smallest absolute Gasteiger partial charge is 0.0987 e. The number of hydrogen-bond acceptors (Lipinski definition) is 3.